The molecule has 3 N–H and O–H groups in total. The molecule has 2 rings (SSSR count). The number of rotatable bonds is 1. The van der Waals surface area contributed by atoms with Gasteiger partial charge in [-0.15, -0.1) is 12.4 Å². The van der Waals surface area contributed by atoms with Gasteiger partial charge in [0.05, 0.1) is 5.92 Å². The second kappa shape index (κ2) is 3.66. The minimum absolute atomic E-state index is 0. The maximum absolute atomic E-state index is 10.9. The highest BCUT2D eigenvalue weighted by Crippen LogP contribution is 2.30. The summed E-state index contributed by atoms with van der Waals surface area (Å²) in [6.07, 6.45) is 0. The molecule has 1 aromatic carbocycles. The van der Waals surface area contributed by atoms with Crippen LogP contribution >= 0.6 is 12.4 Å². The molecular weight excluding hydrogens is 188 g/mol. The van der Waals surface area contributed by atoms with E-state index in [1.165, 1.54) is 0 Å². The van der Waals surface area contributed by atoms with Crippen molar-refractivity contribution < 1.29 is 4.79 Å². The number of benzene rings is 1. The normalized spacial score (nSPS) is 18.3. The standard InChI is InChI=1S/C9H10N2O.ClH/c10-9(12)7-5-11-8-4-2-1-3-6(7)8;/h1-4,7,11H,5H2,(H2,10,12);1H. The van der Waals surface area contributed by atoms with Crippen LogP contribution in [0.1, 0.15) is 11.5 Å². The molecule has 1 unspecified atom stereocenters. The topological polar surface area (TPSA) is 55.1 Å². The van der Waals surface area contributed by atoms with Crippen molar-refractivity contribution in [2.45, 2.75) is 5.92 Å². The van der Waals surface area contributed by atoms with E-state index in [4.69, 9.17) is 5.73 Å². The lowest BCUT2D eigenvalue weighted by molar-refractivity contribution is -0.119. The van der Waals surface area contributed by atoms with Gasteiger partial charge in [-0.2, -0.15) is 0 Å². The SMILES string of the molecule is Cl.NC(=O)C1CNc2ccccc21. The minimum Gasteiger partial charge on any atom is -0.384 e. The molecule has 3 nitrogen and oxygen atoms in total. The molecule has 1 aromatic rings. The van der Waals surface area contributed by atoms with E-state index in [0.717, 1.165) is 11.3 Å². The van der Waals surface area contributed by atoms with Crippen LogP contribution in [-0.4, -0.2) is 12.5 Å². The lowest BCUT2D eigenvalue weighted by Crippen LogP contribution is -2.22. The van der Waals surface area contributed by atoms with Gasteiger partial charge < -0.3 is 11.1 Å². The molecule has 1 aliphatic heterocycles. The fourth-order valence-electron chi connectivity index (χ4n) is 1.54. The Labute approximate surface area is 82.7 Å². The highest BCUT2D eigenvalue weighted by molar-refractivity contribution is 5.86. The Hall–Kier alpha value is -1.22. The first-order chi connectivity index (χ1) is 5.79. The van der Waals surface area contributed by atoms with E-state index in [1.54, 1.807) is 0 Å². The van der Waals surface area contributed by atoms with Crippen LogP contribution < -0.4 is 11.1 Å². The van der Waals surface area contributed by atoms with E-state index < -0.39 is 0 Å². The van der Waals surface area contributed by atoms with Crippen molar-refractivity contribution in [2.24, 2.45) is 5.73 Å². The molecule has 1 heterocycles. The lowest BCUT2D eigenvalue weighted by Gasteiger charge is -2.02. The first kappa shape index (κ1) is 9.86. The van der Waals surface area contributed by atoms with Gasteiger partial charge in [0, 0.05) is 12.2 Å². The Kier molecular flexibility index (Phi) is 2.78. The third-order valence-electron chi connectivity index (χ3n) is 2.18. The first-order valence-corrected chi connectivity index (χ1v) is 3.91. The molecule has 1 amide bonds. The Balaban J connectivity index is 0.000000845. The van der Waals surface area contributed by atoms with Gasteiger partial charge in [-0.1, -0.05) is 18.2 Å². The number of nitrogens with two attached hydrogens (primary N) is 1. The van der Waals surface area contributed by atoms with Crippen LogP contribution in [0.4, 0.5) is 5.69 Å². The van der Waals surface area contributed by atoms with E-state index >= 15 is 0 Å². The van der Waals surface area contributed by atoms with Crippen molar-refractivity contribution in [1.82, 2.24) is 0 Å². The quantitative estimate of drug-likeness (QED) is 0.710. The summed E-state index contributed by atoms with van der Waals surface area (Å²) in [5.74, 6) is -0.409. The van der Waals surface area contributed by atoms with Gasteiger partial charge in [-0.25, -0.2) is 0 Å². The average molecular weight is 199 g/mol. The molecular formula is C9H11ClN2O. The van der Waals surface area contributed by atoms with Gasteiger partial charge in [0.2, 0.25) is 5.91 Å². The summed E-state index contributed by atoms with van der Waals surface area (Å²) in [7, 11) is 0. The van der Waals surface area contributed by atoms with Crippen molar-refractivity contribution in [3.8, 4) is 0 Å². The van der Waals surface area contributed by atoms with Crippen LogP contribution in [0.25, 0.3) is 0 Å². The summed E-state index contributed by atoms with van der Waals surface area (Å²) in [4.78, 5) is 10.9. The Morgan fingerprint density at radius 3 is 2.85 bits per heavy atom. The number of anilines is 1. The van der Waals surface area contributed by atoms with Crippen molar-refractivity contribution in [3.63, 3.8) is 0 Å². The molecule has 1 aliphatic rings. The molecule has 0 aliphatic carbocycles. The third kappa shape index (κ3) is 1.60. The van der Waals surface area contributed by atoms with Gasteiger partial charge in [-0.05, 0) is 11.6 Å². The average Bonchev–Trinajstić information content (AvgIpc) is 2.47. The number of hydrogen-bond acceptors (Lipinski definition) is 2. The van der Waals surface area contributed by atoms with Crippen LogP contribution in [0.2, 0.25) is 0 Å². The molecule has 1 atom stereocenters. The largest absolute Gasteiger partial charge is 0.384 e. The number of hydrogen-bond donors (Lipinski definition) is 2. The Bertz CT molecular complexity index is 327. The van der Waals surface area contributed by atoms with Crippen LogP contribution in [0.5, 0.6) is 0 Å². The summed E-state index contributed by atoms with van der Waals surface area (Å²) >= 11 is 0. The molecule has 0 radical (unpaired) electrons. The van der Waals surface area contributed by atoms with E-state index in [2.05, 4.69) is 5.32 Å². The number of fused-ring (bicyclic) bond motifs is 1. The van der Waals surface area contributed by atoms with Crippen molar-refractivity contribution in [1.29, 1.82) is 0 Å². The Morgan fingerprint density at radius 2 is 2.15 bits per heavy atom. The smallest absolute Gasteiger partial charge is 0.226 e. The first-order valence-electron chi connectivity index (χ1n) is 3.91. The highest BCUT2D eigenvalue weighted by atomic mass is 35.5. The highest BCUT2D eigenvalue weighted by Gasteiger charge is 2.25. The number of carbonyl (C=O) groups excluding carboxylic acids is 1. The minimum atomic E-state index is -0.257. The van der Waals surface area contributed by atoms with Crippen LogP contribution in [-0.2, 0) is 4.79 Å². The van der Waals surface area contributed by atoms with Crippen LogP contribution in [0.3, 0.4) is 0 Å². The molecule has 0 saturated carbocycles. The molecule has 13 heavy (non-hydrogen) atoms. The predicted molar refractivity (Wildman–Crippen MR) is 54.1 cm³/mol. The lowest BCUT2D eigenvalue weighted by atomic mass is 10.0. The maximum atomic E-state index is 10.9. The molecule has 0 bridgehead atoms. The van der Waals surface area contributed by atoms with E-state index in [0.29, 0.717) is 6.54 Å². The zero-order chi connectivity index (χ0) is 8.55. The Morgan fingerprint density at radius 1 is 1.46 bits per heavy atom. The molecule has 0 saturated heterocycles. The van der Waals surface area contributed by atoms with E-state index in [9.17, 15) is 4.79 Å². The summed E-state index contributed by atoms with van der Waals surface area (Å²) in [5, 5.41) is 3.13. The number of primary amides is 1. The molecule has 70 valence electrons. The summed E-state index contributed by atoms with van der Waals surface area (Å²) in [6, 6.07) is 7.75. The molecule has 0 spiro atoms. The van der Waals surface area contributed by atoms with E-state index in [-0.39, 0.29) is 24.2 Å². The third-order valence-corrected chi connectivity index (χ3v) is 2.18. The van der Waals surface area contributed by atoms with Gasteiger partial charge >= 0.3 is 0 Å². The molecule has 4 heteroatoms. The molecule has 0 fully saturated rings. The predicted octanol–water partition coefficient (Wildman–Crippen LogP) is 1.10. The zero-order valence-electron chi connectivity index (χ0n) is 6.99. The summed E-state index contributed by atoms with van der Waals surface area (Å²) in [5.41, 5.74) is 7.28. The fraction of sp³-hybridized carbons (Fsp3) is 0.222. The van der Waals surface area contributed by atoms with Gasteiger partial charge in [0.1, 0.15) is 0 Å². The fourth-order valence-corrected chi connectivity index (χ4v) is 1.54. The van der Waals surface area contributed by atoms with Gasteiger partial charge in [-0.3, -0.25) is 4.79 Å². The number of amides is 1. The zero-order valence-corrected chi connectivity index (χ0v) is 7.80. The van der Waals surface area contributed by atoms with Gasteiger partial charge in [0.25, 0.3) is 0 Å². The molecule has 0 aromatic heterocycles. The van der Waals surface area contributed by atoms with Crippen molar-refractivity contribution in [3.05, 3.63) is 29.8 Å². The van der Waals surface area contributed by atoms with Crippen molar-refractivity contribution >= 4 is 24.0 Å². The number of halogens is 1. The maximum Gasteiger partial charge on any atom is 0.226 e. The summed E-state index contributed by atoms with van der Waals surface area (Å²) in [6.45, 7) is 0.634. The number of carbonyl (C=O) groups is 1. The monoisotopic (exact) mass is 198 g/mol. The second-order valence-electron chi connectivity index (χ2n) is 2.92. The number of para-hydroxylation sites is 1. The van der Waals surface area contributed by atoms with Gasteiger partial charge in [0.15, 0.2) is 0 Å². The van der Waals surface area contributed by atoms with Crippen molar-refractivity contribution in [2.75, 3.05) is 11.9 Å². The van der Waals surface area contributed by atoms with Crippen LogP contribution in [0.15, 0.2) is 24.3 Å². The second-order valence-corrected chi connectivity index (χ2v) is 2.92. The van der Waals surface area contributed by atoms with Crippen LogP contribution in [0, 0.1) is 0 Å². The number of nitrogens with one attached hydrogen (secondary N) is 1. The summed E-state index contributed by atoms with van der Waals surface area (Å²) < 4.78 is 0. The van der Waals surface area contributed by atoms with E-state index in [1.807, 2.05) is 24.3 Å².